The minimum Gasteiger partial charge on any atom is -0.416 e. The standard InChI is InChI=1S/C7H9NO3/c9-6(4-1-2-4)5-3-11-7(10)8-5/h3-4,6,9H,1-2H2,(H,8,10). The first-order valence-electron chi connectivity index (χ1n) is 3.63. The summed E-state index contributed by atoms with van der Waals surface area (Å²) in [6.07, 6.45) is 2.81. The van der Waals surface area contributed by atoms with Gasteiger partial charge < -0.3 is 9.52 Å². The van der Waals surface area contributed by atoms with Gasteiger partial charge in [0.2, 0.25) is 0 Å². The lowest BCUT2D eigenvalue weighted by atomic mass is 10.2. The Labute approximate surface area is 62.9 Å². The molecule has 1 saturated carbocycles. The Hall–Kier alpha value is -1.03. The quantitative estimate of drug-likeness (QED) is 0.650. The SMILES string of the molecule is O=c1[nH]c(C(O)C2CC2)co1. The van der Waals surface area contributed by atoms with Crippen LogP contribution in [0.2, 0.25) is 0 Å². The van der Waals surface area contributed by atoms with Crippen molar-refractivity contribution in [2.45, 2.75) is 18.9 Å². The third kappa shape index (κ3) is 1.21. The Morgan fingerprint density at radius 1 is 1.73 bits per heavy atom. The number of aromatic nitrogens is 1. The maximum atomic E-state index is 10.5. The maximum absolute atomic E-state index is 10.5. The van der Waals surface area contributed by atoms with Crippen molar-refractivity contribution in [2.24, 2.45) is 5.92 Å². The molecular formula is C7H9NO3. The lowest BCUT2D eigenvalue weighted by Crippen LogP contribution is -2.03. The van der Waals surface area contributed by atoms with Gasteiger partial charge in [0.25, 0.3) is 0 Å². The summed E-state index contributed by atoms with van der Waals surface area (Å²) in [5.74, 6) is -0.178. The average molecular weight is 155 g/mol. The van der Waals surface area contributed by atoms with Crippen molar-refractivity contribution >= 4 is 0 Å². The van der Waals surface area contributed by atoms with Gasteiger partial charge in [0.15, 0.2) is 0 Å². The highest BCUT2D eigenvalue weighted by Gasteiger charge is 2.31. The molecule has 2 N–H and O–H groups in total. The van der Waals surface area contributed by atoms with Crippen molar-refractivity contribution in [3.63, 3.8) is 0 Å². The predicted molar refractivity (Wildman–Crippen MR) is 37.0 cm³/mol. The Morgan fingerprint density at radius 3 is 2.91 bits per heavy atom. The average Bonchev–Trinajstić information content (AvgIpc) is 2.74. The molecule has 0 saturated heterocycles. The van der Waals surface area contributed by atoms with E-state index in [1.165, 1.54) is 6.26 Å². The van der Waals surface area contributed by atoms with Crippen molar-refractivity contribution < 1.29 is 9.52 Å². The molecule has 1 fully saturated rings. The molecule has 1 aromatic heterocycles. The zero-order chi connectivity index (χ0) is 7.84. The number of oxazole rings is 1. The summed E-state index contributed by atoms with van der Waals surface area (Å²) in [5, 5.41) is 9.44. The van der Waals surface area contributed by atoms with E-state index in [-0.39, 0.29) is 0 Å². The van der Waals surface area contributed by atoms with Crippen LogP contribution in [-0.2, 0) is 0 Å². The molecule has 1 unspecified atom stereocenters. The Bertz CT molecular complexity index is 297. The number of aliphatic hydroxyl groups is 1. The fraction of sp³-hybridized carbons (Fsp3) is 0.571. The number of H-pyrrole nitrogens is 1. The van der Waals surface area contributed by atoms with Crippen LogP contribution in [-0.4, -0.2) is 10.1 Å². The molecule has 0 aromatic carbocycles. The summed E-state index contributed by atoms with van der Waals surface area (Å²) in [4.78, 5) is 12.9. The van der Waals surface area contributed by atoms with Crippen molar-refractivity contribution in [2.75, 3.05) is 0 Å². The predicted octanol–water partition coefficient (Wildman–Crippen LogP) is 0.411. The molecule has 11 heavy (non-hydrogen) atoms. The van der Waals surface area contributed by atoms with Gasteiger partial charge in [-0.05, 0) is 18.8 Å². The summed E-state index contributed by atoms with van der Waals surface area (Å²) >= 11 is 0. The highest BCUT2D eigenvalue weighted by Crippen LogP contribution is 2.39. The van der Waals surface area contributed by atoms with Gasteiger partial charge in [-0.1, -0.05) is 0 Å². The van der Waals surface area contributed by atoms with Gasteiger partial charge in [-0.15, -0.1) is 0 Å². The van der Waals surface area contributed by atoms with E-state index in [0.29, 0.717) is 11.6 Å². The lowest BCUT2D eigenvalue weighted by molar-refractivity contribution is 0.149. The topological polar surface area (TPSA) is 66.2 Å². The van der Waals surface area contributed by atoms with Crippen LogP contribution in [0.5, 0.6) is 0 Å². The summed E-state index contributed by atoms with van der Waals surface area (Å²) in [5.41, 5.74) is 0.498. The molecule has 1 heterocycles. The lowest BCUT2D eigenvalue weighted by Gasteiger charge is -2.02. The zero-order valence-electron chi connectivity index (χ0n) is 5.91. The van der Waals surface area contributed by atoms with E-state index in [1.54, 1.807) is 0 Å². The molecule has 0 aliphatic heterocycles. The van der Waals surface area contributed by atoms with Gasteiger partial charge in [-0.25, -0.2) is 4.79 Å². The van der Waals surface area contributed by atoms with Crippen LogP contribution in [0.1, 0.15) is 24.6 Å². The van der Waals surface area contributed by atoms with Crippen LogP contribution >= 0.6 is 0 Å². The molecule has 1 atom stereocenters. The van der Waals surface area contributed by atoms with Crippen molar-refractivity contribution in [1.29, 1.82) is 0 Å². The molecule has 0 bridgehead atoms. The number of nitrogens with one attached hydrogen (secondary N) is 1. The summed E-state index contributed by atoms with van der Waals surface area (Å²) in [7, 11) is 0. The monoisotopic (exact) mass is 155 g/mol. The highest BCUT2D eigenvalue weighted by molar-refractivity contribution is 5.01. The minimum atomic E-state index is -0.540. The van der Waals surface area contributed by atoms with Gasteiger partial charge in [-0.3, -0.25) is 4.98 Å². The van der Waals surface area contributed by atoms with E-state index in [9.17, 15) is 9.90 Å². The molecule has 60 valence electrons. The van der Waals surface area contributed by atoms with E-state index < -0.39 is 11.9 Å². The third-order valence-electron chi connectivity index (χ3n) is 1.93. The van der Waals surface area contributed by atoms with Crippen LogP contribution in [0.25, 0.3) is 0 Å². The largest absolute Gasteiger partial charge is 0.416 e. The first-order valence-corrected chi connectivity index (χ1v) is 3.63. The van der Waals surface area contributed by atoms with E-state index in [4.69, 9.17) is 0 Å². The normalized spacial score (nSPS) is 20.1. The summed E-state index contributed by atoms with van der Waals surface area (Å²) in [6.45, 7) is 0. The maximum Gasteiger partial charge on any atom is 0.416 e. The highest BCUT2D eigenvalue weighted by atomic mass is 16.4. The molecule has 4 heteroatoms. The zero-order valence-corrected chi connectivity index (χ0v) is 5.91. The summed E-state index contributed by atoms with van der Waals surface area (Å²) < 4.78 is 4.49. The molecule has 1 aliphatic rings. The van der Waals surface area contributed by atoms with Crippen molar-refractivity contribution in [1.82, 2.24) is 4.98 Å². The number of rotatable bonds is 2. The first-order chi connectivity index (χ1) is 5.27. The first kappa shape index (κ1) is 6.67. The number of hydrogen-bond donors (Lipinski definition) is 2. The van der Waals surface area contributed by atoms with Gasteiger partial charge in [0, 0.05) is 0 Å². The fourth-order valence-corrected chi connectivity index (χ4v) is 1.10. The molecule has 0 amide bonds. The molecule has 0 spiro atoms. The molecule has 0 radical (unpaired) electrons. The van der Waals surface area contributed by atoms with Gasteiger partial charge in [0.05, 0.1) is 11.8 Å². The van der Waals surface area contributed by atoms with Gasteiger partial charge in [0.1, 0.15) is 6.26 Å². The van der Waals surface area contributed by atoms with Crippen LogP contribution in [0.3, 0.4) is 0 Å². The van der Waals surface area contributed by atoms with E-state index >= 15 is 0 Å². The smallest absolute Gasteiger partial charge is 0.416 e. The second kappa shape index (κ2) is 2.23. The second-order valence-electron chi connectivity index (χ2n) is 2.89. The van der Waals surface area contributed by atoms with E-state index in [2.05, 4.69) is 9.40 Å². The Kier molecular flexibility index (Phi) is 1.35. The Balaban J connectivity index is 2.20. The molecule has 1 aliphatic carbocycles. The van der Waals surface area contributed by atoms with Crippen LogP contribution in [0.15, 0.2) is 15.5 Å². The van der Waals surface area contributed by atoms with Crippen molar-refractivity contribution in [3.05, 3.63) is 22.5 Å². The molecule has 2 rings (SSSR count). The van der Waals surface area contributed by atoms with Crippen LogP contribution < -0.4 is 5.76 Å². The molecule has 1 aromatic rings. The van der Waals surface area contributed by atoms with Crippen molar-refractivity contribution in [3.8, 4) is 0 Å². The minimum absolute atomic E-state index is 0.322. The molecular weight excluding hydrogens is 146 g/mol. The number of hydrogen-bond acceptors (Lipinski definition) is 3. The fourth-order valence-electron chi connectivity index (χ4n) is 1.10. The van der Waals surface area contributed by atoms with E-state index in [1.807, 2.05) is 0 Å². The molecule has 4 nitrogen and oxygen atoms in total. The second-order valence-corrected chi connectivity index (χ2v) is 2.89. The summed E-state index contributed by atoms with van der Waals surface area (Å²) in [6, 6.07) is 0. The van der Waals surface area contributed by atoms with Crippen LogP contribution in [0, 0.1) is 5.92 Å². The third-order valence-corrected chi connectivity index (χ3v) is 1.93. The van der Waals surface area contributed by atoms with Gasteiger partial charge >= 0.3 is 5.76 Å². The van der Waals surface area contributed by atoms with Crippen LogP contribution in [0.4, 0.5) is 0 Å². The van der Waals surface area contributed by atoms with Gasteiger partial charge in [-0.2, -0.15) is 0 Å². The Morgan fingerprint density at radius 2 is 2.45 bits per heavy atom. The van der Waals surface area contributed by atoms with E-state index in [0.717, 1.165) is 12.8 Å². The number of aliphatic hydroxyl groups excluding tert-OH is 1. The number of aromatic amines is 1.